The number of amides is 1. The lowest BCUT2D eigenvalue weighted by Gasteiger charge is -2.17. The number of aryl methyl sites for hydroxylation is 1. The lowest BCUT2D eigenvalue weighted by atomic mass is 10.1. The molecule has 4 heteroatoms. The third-order valence-corrected chi connectivity index (χ3v) is 4.44. The molecular weight excluding hydrogens is 268 g/mol. The van der Waals surface area contributed by atoms with Crippen LogP contribution in [0.1, 0.15) is 25.3 Å². The molecule has 0 atom stereocenters. The van der Waals surface area contributed by atoms with Crippen LogP contribution in [0.2, 0.25) is 0 Å². The van der Waals surface area contributed by atoms with E-state index in [4.69, 9.17) is 0 Å². The first kappa shape index (κ1) is 13.3. The van der Waals surface area contributed by atoms with Gasteiger partial charge < -0.3 is 0 Å². The molecule has 0 aliphatic heterocycles. The number of thiazole rings is 1. The molecule has 20 heavy (non-hydrogen) atoms. The lowest BCUT2D eigenvalue weighted by molar-refractivity contribution is -0.119. The molecule has 0 radical (unpaired) electrons. The molecule has 0 saturated heterocycles. The van der Waals surface area contributed by atoms with Gasteiger partial charge in [-0.1, -0.05) is 29.8 Å². The van der Waals surface area contributed by atoms with Gasteiger partial charge in [0.1, 0.15) is 0 Å². The van der Waals surface area contributed by atoms with Crippen molar-refractivity contribution in [3.05, 3.63) is 35.2 Å². The van der Waals surface area contributed by atoms with E-state index in [0.29, 0.717) is 6.54 Å². The van der Waals surface area contributed by atoms with Crippen molar-refractivity contribution in [3.8, 4) is 11.3 Å². The fourth-order valence-corrected chi connectivity index (χ4v) is 3.08. The predicted molar refractivity (Wildman–Crippen MR) is 83.0 cm³/mol. The molecule has 1 aliphatic carbocycles. The number of rotatable bonds is 4. The number of hydrogen-bond donors (Lipinski definition) is 0. The molecule has 1 fully saturated rings. The van der Waals surface area contributed by atoms with Crippen molar-refractivity contribution in [2.75, 3.05) is 11.4 Å². The van der Waals surface area contributed by atoms with Gasteiger partial charge in [0, 0.05) is 23.4 Å². The Morgan fingerprint density at radius 1 is 1.35 bits per heavy atom. The second kappa shape index (κ2) is 5.37. The third-order valence-electron chi connectivity index (χ3n) is 3.58. The van der Waals surface area contributed by atoms with Gasteiger partial charge in [0.25, 0.3) is 0 Å². The van der Waals surface area contributed by atoms with E-state index in [1.165, 1.54) is 5.56 Å². The van der Waals surface area contributed by atoms with E-state index in [9.17, 15) is 4.79 Å². The van der Waals surface area contributed by atoms with Crippen LogP contribution in [0.5, 0.6) is 0 Å². The maximum atomic E-state index is 12.2. The van der Waals surface area contributed by atoms with Gasteiger partial charge in [0.2, 0.25) is 5.91 Å². The highest BCUT2D eigenvalue weighted by molar-refractivity contribution is 7.14. The van der Waals surface area contributed by atoms with E-state index in [1.54, 1.807) is 11.3 Å². The van der Waals surface area contributed by atoms with Crippen LogP contribution in [0.25, 0.3) is 11.3 Å². The number of nitrogens with zero attached hydrogens (tertiary/aromatic N) is 2. The van der Waals surface area contributed by atoms with Gasteiger partial charge in [0.05, 0.1) is 5.69 Å². The molecule has 0 N–H and O–H groups in total. The van der Waals surface area contributed by atoms with Gasteiger partial charge in [-0.3, -0.25) is 9.69 Å². The minimum Gasteiger partial charge on any atom is -0.288 e. The largest absolute Gasteiger partial charge is 0.288 e. The molecule has 1 amide bonds. The third kappa shape index (κ3) is 2.61. The van der Waals surface area contributed by atoms with Gasteiger partial charge in [0.15, 0.2) is 5.13 Å². The van der Waals surface area contributed by atoms with Crippen LogP contribution in [-0.4, -0.2) is 17.4 Å². The Kier molecular flexibility index (Phi) is 3.57. The van der Waals surface area contributed by atoms with Gasteiger partial charge in [-0.25, -0.2) is 4.98 Å². The van der Waals surface area contributed by atoms with Gasteiger partial charge in [-0.15, -0.1) is 11.3 Å². The van der Waals surface area contributed by atoms with Gasteiger partial charge in [-0.2, -0.15) is 0 Å². The zero-order valence-electron chi connectivity index (χ0n) is 11.8. The highest BCUT2D eigenvalue weighted by Crippen LogP contribution is 2.34. The molecule has 2 aromatic rings. The van der Waals surface area contributed by atoms with Crippen molar-refractivity contribution >= 4 is 22.4 Å². The van der Waals surface area contributed by atoms with E-state index in [0.717, 1.165) is 29.2 Å². The molecule has 1 heterocycles. The molecule has 1 saturated carbocycles. The van der Waals surface area contributed by atoms with E-state index in [1.807, 2.05) is 17.2 Å². The summed E-state index contributed by atoms with van der Waals surface area (Å²) in [5, 5.41) is 2.85. The summed E-state index contributed by atoms with van der Waals surface area (Å²) in [5.74, 6) is 0.471. The highest BCUT2D eigenvalue weighted by atomic mass is 32.1. The van der Waals surface area contributed by atoms with Crippen LogP contribution in [0, 0.1) is 12.8 Å². The zero-order chi connectivity index (χ0) is 14.1. The summed E-state index contributed by atoms with van der Waals surface area (Å²) < 4.78 is 0. The van der Waals surface area contributed by atoms with E-state index < -0.39 is 0 Å². The first-order chi connectivity index (χ1) is 9.69. The average molecular weight is 286 g/mol. The molecule has 1 aliphatic rings. The summed E-state index contributed by atoms with van der Waals surface area (Å²) in [5.41, 5.74) is 3.29. The number of carbonyl (C=O) groups excluding carboxylic acids is 1. The number of carbonyl (C=O) groups is 1. The first-order valence-corrected chi connectivity index (χ1v) is 7.91. The van der Waals surface area contributed by atoms with Crippen LogP contribution in [0.3, 0.4) is 0 Å². The van der Waals surface area contributed by atoms with Crippen molar-refractivity contribution in [3.63, 3.8) is 0 Å². The Balaban J connectivity index is 1.84. The second-order valence-corrected chi connectivity index (χ2v) is 6.07. The van der Waals surface area contributed by atoms with Crippen molar-refractivity contribution in [1.82, 2.24) is 4.98 Å². The molecule has 104 valence electrons. The van der Waals surface area contributed by atoms with Crippen LogP contribution in [-0.2, 0) is 4.79 Å². The topological polar surface area (TPSA) is 33.2 Å². The summed E-state index contributed by atoms with van der Waals surface area (Å²) in [7, 11) is 0. The molecule has 1 aromatic carbocycles. The molecule has 3 rings (SSSR count). The Bertz CT molecular complexity index is 614. The van der Waals surface area contributed by atoms with E-state index in [2.05, 4.69) is 36.2 Å². The molecule has 1 aromatic heterocycles. The predicted octanol–water partition coefficient (Wildman–Crippen LogP) is 3.88. The average Bonchev–Trinajstić information content (AvgIpc) is 3.20. The van der Waals surface area contributed by atoms with Crippen molar-refractivity contribution in [1.29, 1.82) is 0 Å². The lowest BCUT2D eigenvalue weighted by Crippen LogP contribution is -2.31. The molecule has 0 unspecified atom stereocenters. The molecule has 0 bridgehead atoms. The van der Waals surface area contributed by atoms with Crippen LogP contribution in [0.15, 0.2) is 29.6 Å². The summed E-state index contributed by atoms with van der Waals surface area (Å²) in [6.07, 6.45) is 2.07. The zero-order valence-corrected chi connectivity index (χ0v) is 12.6. The monoisotopic (exact) mass is 286 g/mol. The Hall–Kier alpha value is -1.68. The number of hydrogen-bond acceptors (Lipinski definition) is 3. The summed E-state index contributed by atoms with van der Waals surface area (Å²) in [6.45, 7) is 4.77. The molecular formula is C16H18N2OS. The number of aromatic nitrogens is 1. The van der Waals surface area contributed by atoms with Crippen LogP contribution >= 0.6 is 11.3 Å². The standard InChI is InChI=1S/C16H18N2OS/c1-3-18(15(19)13-8-9-13)16-17-14(10-20-16)12-6-4-11(2)5-7-12/h4-7,10,13H,3,8-9H2,1-2H3. The summed E-state index contributed by atoms with van der Waals surface area (Å²) >= 11 is 1.55. The minimum absolute atomic E-state index is 0.234. The van der Waals surface area contributed by atoms with Gasteiger partial charge in [-0.05, 0) is 26.7 Å². The van der Waals surface area contributed by atoms with Crippen molar-refractivity contribution < 1.29 is 4.79 Å². The molecule has 3 nitrogen and oxygen atoms in total. The fraction of sp³-hybridized carbons (Fsp3) is 0.375. The fourth-order valence-electron chi connectivity index (χ4n) is 2.18. The number of anilines is 1. The van der Waals surface area contributed by atoms with E-state index >= 15 is 0 Å². The minimum atomic E-state index is 0.234. The maximum absolute atomic E-state index is 12.2. The first-order valence-electron chi connectivity index (χ1n) is 7.03. The molecule has 0 spiro atoms. The maximum Gasteiger partial charge on any atom is 0.231 e. The number of benzene rings is 1. The second-order valence-electron chi connectivity index (χ2n) is 5.24. The van der Waals surface area contributed by atoms with Crippen molar-refractivity contribution in [2.45, 2.75) is 26.7 Å². The van der Waals surface area contributed by atoms with Crippen molar-refractivity contribution in [2.24, 2.45) is 5.92 Å². The SMILES string of the molecule is CCN(C(=O)C1CC1)c1nc(-c2ccc(C)cc2)cs1. The highest BCUT2D eigenvalue weighted by Gasteiger charge is 2.34. The quantitative estimate of drug-likeness (QED) is 0.854. The van der Waals surface area contributed by atoms with Gasteiger partial charge >= 0.3 is 0 Å². The Labute approximate surface area is 123 Å². The normalized spacial score (nSPS) is 14.3. The Morgan fingerprint density at radius 3 is 2.65 bits per heavy atom. The van der Waals surface area contributed by atoms with E-state index in [-0.39, 0.29) is 11.8 Å². The van der Waals surface area contributed by atoms with Crippen LogP contribution in [0.4, 0.5) is 5.13 Å². The summed E-state index contributed by atoms with van der Waals surface area (Å²) in [6, 6.07) is 8.32. The van der Waals surface area contributed by atoms with Crippen LogP contribution < -0.4 is 4.90 Å². The smallest absolute Gasteiger partial charge is 0.231 e. The Morgan fingerprint density at radius 2 is 2.05 bits per heavy atom. The summed E-state index contributed by atoms with van der Waals surface area (Å²) in [4.78, 5) is 18.7.